The molecule has 0 saturated carbocycles. The predicted molar refractivity (Wildman–Crippen MR) is 96.5 cm³/mol. The number of aryl methyl sites for hydroxylation is 1. The third-order valence-corrected chi connectivity index (χ3v) is 5.16. The molecule has 0 aliphatic carbocycles. The van der Waals surface area contributed by atoms with Gasteiger partial charge in [-0.15, -0.1) is 0 Å². The van der Waals surface area contributed by atoms with Crippen molar-refractivity contribution in [3.8, 4) is 24.3 Å². The van der Waals surface area contributed by atoms with Crippen LogP contribution < -0.4 is 0 Å². The zero-order valence-corrected chi connectivity index (χ0v) is 14.4. The SMILES string of the molecule is C#CN(CCCC#Cc1ccccc1)S(=O)(=O)c1ccc(C)cc1. The lowest BCUT2D eigenvalue weighted by molar-refractivity contribution is 0.504. The van der Waals surface area contributed by atoms with E-state index in [1.807, 2.05) is 37.3 Å². The largest absolute Gasteiger partial charge is 0.270 e. The maximum absolute atomic E-state index is 12.5. The molecular formula is C20H19NO2S. The van der Waals surface area contributed by atoms with E-state index in [0.717, 1.165) is 15.4 Å². The Bertz CT molecular complexity index is 867. The van der Waals surface area contributed by atoms with Crippen molar-refractivity contribution in [1.29, 1.82) is 0 Å². The summed E-state index contributed by atoms with van der Waals surface area (Å²) in [6, 6.07) is 18.6. The van der Waals surface area contributed by atoms with Gasteiger partial charge in [0.2, 0.25) is 0 Å². The Labute approximate surface area is 144 Å². The number of rotatable bonds is 5. The summed E-state index contributed by atoms with van der Waals surface area (Å²) in [6.07, 6.45) is 6.55. The summed E-state index contributed by atoms with van der Waals surface area (Å²) in [5.41, 5.74) is 1.94. The molecule has 122 valence electrons. The minimum absolute atomic E-state index is 0.210. The van der Waals surface area contributed by atoms with Crippen LogP contribution in [0.5, 0.6) is 0 Å². The van der Waals surface area contributed by atoms with Crippen LogP contribution in [0.1, 0.15) is 24.0 Å². The second-order valence-electron chi connectivity index (χ2n) is 5.29. The van der Waals surface area contributed by atoms with E-state index < -0.39 is 10.0 Å². The highest BCUT2D eigenvalue weighted by Gasteiger charge is 2.21. The number of hydrogen-bond acceptors (Lipinski definition) is 2. The lowest BCUT2D eigenvalue weighted by atomic mass is 10.2. The molecule has 0 amide bonds. The van der Waals surface area contributed by atoms with Gasteiger partial charge in [-0.1, -0.05) is 54.2 Å². The van der Waals surface area contributed by atoms with Gasteiger partial charge in [0, 0.05) is 24.6 Å². The topological polar surface area (TPSA) is 37.4 Å². The highest BCUT2D eigenvalue weighted by atomic mass is 32.2. The average Bonchev–Trinajstić information content (AvgIpc) is 2.59. The second-order valence-corrected chi connectivity index (χ2v) is 7.15. The second kappa shape index (κ2) is 8.24. The van der Waals surface area contributed by atoms with E-state index in [0.29, 0.717) is 12.8 Å². The smallest absolute Gasteiger partial charge is 0.225 e. The first kappa shape index (κ1) is 17.7. The monoisotopic (exact) mass is 337 g/mol. The van der Waals surface area contributed by atoms with Gasteiger partial charge < -0.3 is 0 Å². The molecule has 2 aromatic rings. The van der Waals surface area contributed by atoms with Crippen LogP contribution in [0.2, 0.25) is 0 Å². The molecule has 3 nitrogen and oxygen atoms in total. The zero-order valence-electron chi connectivity index (χ0n) is 13.6. The van der Waals surface area contributed by atoms with Gasteiger partial charge in [-0.25, -0.2) is 12.7 Å². The van der Waals surface area contributed by atoms with E-state index in [-0.39, 0.29) is 11.4 Å². The molecule has 0 atom stereocenters. The quantitative estimate of drug-likeness (QED) is 0.476. The van der Waals surface area contributed by atoms with Crippen molar-refractivity contribution in [2.24, 2.45) is 0 Å². The van der Waals surface area contributed by atoms with Crippen LogP contribution in [-0.4, -0.2) is 19.3 Å². The minimum Gasteiger partial charge on any atom is -0.225 e. The van der Waals surface area contributed by atoms with Gasteiger partial charge in [-0.3, -0.25) is 0 Å². The predicted octanol–water partition coefficient (Wildman–Crippen LogP) is 3.41. The molecule has 0 heterocycles. The number of sulfonamides is 1. The van der Waals surface area contributed by atoms with E-state index in [1.54, 1.807) is 24.3 Å². The Morgan fingerprint density at radius 2 is 1.71 bits per heavy atom. The molecule has 2 rings (SSSR count). The maximum Gasteiger partial charge on any atom is 0.270 e. The molecular weight excluding hydrogens is 318 g/mol. The van der Waals surface area contributed by atoms with Gasteiger partial charge in [0.1, 0.15) is 0 Å². The van der Waals surface area contributed by atoms with Crippen molar-refractivity contribution in [3.63, 3.8) is 0 Å². The van der Waals surface area contributed by atoms with Crippen molar-refractivity contribution < 1.29 is 8.42 Å². The highest BCUT2D eigenvalue weighted by Crippen LogP contribution is 2.16. The molecule has 0 aromatic heterocycles. The van der Waals surface area contributed by atoms with Gasteiger partial charge in [0.25, 0.3) is 10.0 Å². The molecule has 24 heavy (non-hydrogen) atoms. The first-order valence-electron chi connectivity index (χ1n) is 7.63. The number of unbranched alkanes of at least 4 members (excludes halogenated alkanes) is 1. The van der Waals surface area contributed by atoms with Crippen molar-refractivity contribution in [1.82, 2.24) is 4.31 Å². The molecule has 0 radical (unpaired) electrons. The fourth-order valence-corrected chi connectivity index (χ4v) is 3.33. The third-order valence-electron chi connectivity index (χ3n) is 3.42. The number of nitrogens with zero attached hydrogens (tertiary/aromatic N) is 1. The molecule has 0 fully saturated rings. The average molecular weight is 337 g/mol. The lowest BCUT2D eigenvalue weighted by Crippen LogP contribution is -2.27. The van der Waals surface area contributed by atoms with Gasteiger partial charge in [0.05, 0.1) is 4.90 Å². The van der Waals surface area contributed by atoms with Gasteiger partial charge in [-0.05, 0) is 37.6 Å². The maximum atomic E-state index is 12.5. The normalized spacial score (nSPS) is 10.3. The first-order chi connectivity index (χ1) is 11.5. The summed E-state index contributed by atoms with van der Waals surface area (Å²) in [6.45, 7) is 2.15. The summed E-state index contributed by atoms with van der Waals surface area (Å²) in [5.74, 6) is 6.08. The molecule has 2 aromatic carbocycles. The van der Waals surface area contributed by atoms with E-state index in [4.69, 9.17) is 6.42 Å². The van der Waals surface area contributed by atoms with E-state index in [1.165, 1.54) is 0 Å². The highest BCUT2D eigenvalue weighted by molar-refractivity contribution is 7.89. The Morgan fingerprint density at radius 1 is 1.04 bits per heavy atom. The molecule has 0 saturated heterocycles. The third kappa shape index (κ3) is 4.65. The molecule has 0 aliphatic rings. The van der Waals surface area contributed by atoms with E-state index in [2.05, 4.69) is 17.9 Å². The summed E-state index contributed by atoms with van der Waals surface area (Å²) < 4.78 is 26.1. The van der Waals surface area contributed by atoms with Crippen molar-refractivity contribution in [3.05, 3.63) is 65.7 Å². The Morgan fingerprint density at radius 3 is 2.33 bits per heavy atom. The molecule has 0 unspecified atom stereocenters. The zero-order chi connectivity index (χ0) is 17.4. The fraction of sp³-hybridized carbons (Fsp3) is 0.200. The molecule has 0 aliphatic heterocycles. The van der Waals surface area contributed by atoms with Crippen molar-refractivity contribution >= 4 is 10.0 Å². The summed E-state index contributed by atoms with van der Waals surface area (Å²) >= 11 is 0. The first-order valence-corrected chi connectivity index (χ1v) is 9.07. The fourth-order valence-electron chi connectivity index (χ4n) is 2.09. The van der Waals surface area contributed by atoms with Gasteiger partial charge >= 0.3 is 0 Å². The van der Waals surface area contributed by atoms with E-state index in [9.17, 15) is 8.42 Å². The van der Waals surface area contributed by atoms with Crippen LogP contribution in [0, 0.1) is 31.2 Å². The van der Waals surface area contributed by atoms with Crippen LogP contribution in [0.4, 0.5) is 0 Å². The molecule has 0 N–H and O–H groups in total. The minimum atomic E-state index is -3.66. The molecule has 0 bridgehead atoms. The number of hydrogen-bond donors (Lipinski definition) is 0. The number of benzene rings is 2. The molecule has 4 heteroatoms. The Kier molecular flexibility index (Phi) is 6.07. The van der Waals surface area contributed by atoms with Crippen LogP contribution in [-0.2, 0) is 10.0 Å². The van der Waals surface area contributed by atoms with Gasteiger partial charge in [0.15, 0.2) is 0 Å². The van der Waals surface area contributed by atoms with Gasteiger partial charge in [-0.2, -0.15) is 0 Å². The molecule has 0 spiro atoms. The number of terminal acetylenes is 1. The van der Waals surface area contributed by atoms with Crippen LogP contribution >= 0.6 is 0 Å². The van der Waals surface area contributed by atoms with Crippen LogP contribution in [0.3, 0.4) is 0 Å². The standard InChI is InChI=1S/C20H19NO2S/c1-3-21(24(22,23)20-15-13-18(2)14-16-20)17-9-5-8-12-19-10-6-4-7-11-19/h1,4,6-7,10-11,13-16H,5,9,17H2,2H3. The van der Waals surface area contributed by atoms with Crippen molar-refractivity contribution in [2.75, 3.05) is 6.54 Å². The van der Waals surface area contributed by atoms with Crippen LogP contribution in [0.15, 0.2) is 59.5 Å². The summed E-state index contributed by atoms with van der Waals surface area (Å²) in [5, 5.41) is 0. The van der Waals surface area contributed by atoms with E-state index >= 15 is 0 Å². The summed E-state index contributed by atoms with van der Waals surface area (Å²) in [7, 11) is -3.66. The Hall–Kier alpha value is -2.69. The lowest BCUT2D eigenvalue weighted by Gasteiger charge is -2.17. The summed E-state index contributed by atoms with van der Waals surface area (Å²) in [4.78, 5) is 0.210. The Balaban J connectivity index is 1.96. The van der Waals surface area contributed by atoms with Crippen LogP contribution in [0.25, 0.3) is 0 Å². The van der Waals surface area contributed by atoms with Crippen molar-refractivity contribution in [2.45, 2.75) is 24.7 Å².